The zero-order valence-electron chi connectivity index (χ0n) is 20.4. The van der Waals surface area contributed by atoms with Gasteiger partial charge in [0.05, 0.1) is 11.2 Å². The summed E-state index contributed by atoms with van der Waals surface area (Å²) in [5.74, 6) is -1.19. The summed E-state index contributed by atoms with van der Waals surface area (Å²) in [6.07, 6.45) is -4.81. The SMILES string of the molecule is NC(=O)C1=NN=[N+]([C@@H]2OC(CCN3C(=O)CN(Cc4ccc(Cl)cc4Cl)C3=O)C(O)[C@H]2O)C1c1ccccc1. The van der Waals surface area contributed by atoms with Crippen LogP contribution in [0, 0.1) is 0 Å². The number of urea groups is 1. The first-order valence-corrected chi connectivity index (χ1v) is 12.9. The molecule has 3 aliphatic rings. The van der Waals surface area contributed by atoms with Gasteiger partial charge in [-0.25, -0.2) is 4.79 Å². The Labute approximate surface area is 232 Å². The summed E-state index contributed by atoms with van der Waals surface area (Å²) in [6.45, 7) is -0.0539. The zero-order chi connectivity index (χ0) is 27.8. The number of aliphatic hydroxyl groups is 2. The van der Waals surface area contributed by atoms with Crippen molar-refractivity contribution in [3.8, 4) is 0 Å². The lowest BCUT2D eigenvalue weighted by Crippen LogP contribution is -2.42. The molecule has 5 atom stereocenters. The first-order chi connectivity index (χ1) is 18.7. The molecule has 0 bridgehead atoms. The van der Waals surface area contributed by atoms with Gasteiger partial charge in [0.25, 0.3) is 11.6 Å². The highest BCUT2D eigenvalue weighted by Gasteiger charge is 2.53. The lowest BCUT2D eigenvalue weighted by atomic mass is 10.0. The Morgan fingerprint density at radius 1 is 1.13 bits per heavy atom. The van der Waals surface area contributed by atoms with Crippen molar-refractivity contribution in [2.24, 2.45) is 16.1 Å². The van der Waals surface area contributed by atoms with Crippen molar-refractivity contribution in [1.29, 1.82) is 0 Å². The average Bonchev–Trinajstić information content (AvgIpc) is 3.55. The van der Waals surface area contributed by atoms with Gasteiger partial charge in [-0.15, -0.1) is 4.70 Å². The van der Waals surface area contributed by atoms with E-state index in [1.165, 1.54) is 9.60 Å². The molecule has 2 fully saturated rings. The number of imide groups is 1. The van der Waals surface area contributed by atoms with Crippen LogP contribution in [0.25, 0.3) is 0 Å². The molecule has 12 nitrogen and oxygen atoms in total. The number of hydrogen-bond donors (Lipinski definition) is 3. The number of hydrogen-bond acceptors (Lipinski definition) is 8. The van der Waals surface area contributed by atoms with Gasteiger partial charge in [0.1, 0.15) is 17.9 Å². The van der Waals surface area contributed by atoms with Gasteiger partial charge in [-0.1, -0.05) is 59.6 Å². The van der Waals surface area contributed by atoms with Gasteiger partial charge < -0.3 is 25.6 Å². The summed E-state index contributed by atoms with van der Waals surface area (Å²) >= 11 is 12.1. The van der Waals surface area contributed by atoms with Crippen LogP contribution in [0.1, 0.15) is 23.6 Å². The smallest absolute Gasteiger partial charge is 0.327 e. The Bertz CT molecular complexity index is 1370. The minimum Gasteiger partial charge on any atom is -0.387 e. The molecule has 0 aromatic heterocycles. The number of carbonyl (C=O) groups excluding carboxylic acids is 3. The number of halogens is 2. The molecule has 2 aromatic rings. The van der Waals surface area contributed by atoms with Gasteiger partial charge >= 0.3 is 6.03 Å². The van der Waals surface area contributed by atoms with Gasteiger partial charge in [0.2, 0.25) is 18.2 Å². The van der Waals surface area contributed by atoms with E-state index in [2.05, 4.69) is 10.3 Å². The van der Waals surface area contributed by atoms with Crippen LogP contribution in [0.15, 0.2) is 58.9 Å². The summed E-state index contributed by atoms with van der Waals surface area (Å²) in [7, 11) is 0. The maximum atomic E-state index is 12.9. The van der Waals surface area contributed by atoms with E-state index in [1.807, 2.05) is 0 Å². The van der Waals surface area contributed by atoms with E-state index in [0.29, 0.717) is 21.2 Å². The number of nitrogens with two attached hydrogens (primary N) is 1. The van der Waals surface area contributed by atoms with E-state index in [4.69, 9.17) is 33.7 Å². The molecule has 14 heteroatoms. The van der Waals surface area contributed by atoms with Crippen molar-refractivity contribution in [3.05, 3.63) is 69.7 Å². The van der Waals surface area contributed by atoms with Crippen LogP contribution in [0.4, 0.5) is 4.79 Å². The summed E-state index contributed by atoms with van der Waals surface area (Å²) in [6, 6.07) is 12.4. The van der Waals surface area contributed by atoms with E-state index in [0.717, 1.165) is 4.90 Å². The fourth-order valence-corrected chi connectivity index (χ4v) is 5.36. The summed E-state index contributed by atoms with van der Waals surface area (Å²) < 4.78 is 7.23. The number of nitrogens with zero attached hydrogens (tertiary/aromatic N) is 5. The van der Waals surface area contributed by atoms with Crippen molar-refractivity contribution in [2.75, 3.05) is 13.1 Å². The molecule has 2 saturated heterocycles. The lowest BCUT2D eigenvalue weighted by molar-refractivity contribution is -0.689. The molecule has 0 saturated carbocycles. The standard InChI is InChI=1S/C25H24Cl2N6O6/c26-15-7-6-14(16(27)10-15)11-31-12-18(34)32(25(31)38)9-8-17-21(35)22(36)24(39-17)33-20(13-4-2-1-3-5-13)19(23(28)37)29-30-33/h1-7,10,17,20-22,24,35-36H,8-9,11-12H2,(H-,28,37)/p+1/t17?,20?,21?,22-,24-/m1/s1. The molecule has 0 aliphatic carbocycles. The third-order valence-electron chi connectivity index (χ3n) is 6.89. The predicted molar refractivity (Wildman–Crippen MR) is 138 cm³/mol. The molecular formula is C25H25Cl2N6O6+. The molecule has 39 heavy (non-hydrogen) atoms. The van der Waals surface area contributed by atoms with Crippen LogP contribution >= 0.6 is 23.2 Å². The minimum absolute atomic E-state index is 0.0379. The number of primary amides is 1. The van der Waals surface area contributed by atoms with Crippen LogP contribution in [-0.2, 0) is 20.9 Å². The van der Waals surface area contributed by atoms with Gasteiger partial charge in [-0.05, 0) is 24.1 Å². The highest BCUT2D eigenvalue weighted by Crippen LogP contribution is 2.33. The lowest BCUT2D eigenvalue weighted by Gasteiger charge is -2.20. The predicted octanol–water partition coefficient (Wildman–Crippen LogP) is 1.66. The first kappa shape index (κ1) is 27.2. The Hall–Kier alpha value is -3.42. The van der Waals surface area contributed by atoms with Crippen molar-refractivity contribution in [2.45, 2.75) is 43.5 Å². The Morgan fingerprint density at radius 2 is 1.87 bits per heavy atom. The number of aliphatic hydroxyl groups excluding tert-OH is 2. The average molecular weight is 576 g/mol. The second-order valence-corrected chi connectivity index (χ2v) is 10.2. The van der Waals surface area contributed by atoms with Crippen molar-refractivity contribution < 1.29 is 34.0 Å². The number of amides is 4. The Kier molecular flexibility index (Phi) is 7.65. The Balaban J connectivity index is 1.25. The molecule has 0 radical (unpaired) electrons. The third kappa shape index (κ3) is 5.25. The molecule has 2 aromatic carbocycles. The maximum Gasteiger partial charge on any atom is 0.327 e. The van der Waals surface area contributed by atoms with Gasteiger partial charge in [-0.3, -0.25) is 14.5 Å². The summed E-state index contributed by atoms with van der Waals surface area (Å²) in [5, 5.41) is 30.3. The van der Waals surface area contributed by atoms with E-state index in [-0.39, 0.29) is 31.8 Å². The van der Waals surface area contributed by atoms with Crippen LogP contribution in [0.2, 0.25) is 10.0 Å². The van der Waals surface area contributed by atoms with E-state index in [9.17, 15) is 24.6 Å². The second-order valence-electron chi connectivity index (χ2n) is 9.39. The Morgan fingerprint density at radius 3 is 2.56 bits per heavy atom. The van der Waals surface area contributed by atoms with Crippen LogP contribution in [-0.4, -0.2) is 85.9 Å². The normalized spacial score (nSPS) is 26.8. The molecular weight excluding hydrogens is 551 g/mol. The van der Waals surface area contributed by atoms with E-state index < -0.39 is 48.4 Å². The number of benzene rings is 2. The molecule has 4 N–H and O–H groups in total. The topological polar surface area (TPSA) is 161 Å². The van der Waals surface area contributed by atoms with Crippen LogP contribution < -0.4 is 5.73 Å². The molecule has 3 aliphatic heterocycles. The van der Waals surface area contributed by atoms with Crippen molar-refractivity contribution in [1.82, 2.24) is 9.80 Å². The largest absolute Gasteiger partial charge is 0.387 e. The summed E-state index contributed by atoms with van der Waals surface area (Å²) in [4.78, 5) is 40.0. The first-order valence-electron chi connectivity index (χ1n) is 12.1. The molecule has 0 spiro atoms. The summed E-state index contributed by atoms with van der Waals surface area (Å²) in [5.41, 5.74) is 6.74. The monoisotopic (exact) mass is 575 g/mol. The van der Waals surface area contributed by atoms with E-state index >= 15 is 0 Å². The number of ether oxygens (including phenoxy) is 1. The molecule has 4 amide bonds. The zero-order valence-corrected chi connectivity index (χ0v) is 21.9. The highest BCUT2D eigenvalue weighted by molar-refractivity contribution is 6.40. The van der Waals surface area contributed by atoms with Crippen molar-refractivity contribution in [3.63, 3.8) is 0 Å². The van der Waals surface area contributed by atoms with Gasteiger partial charge in [-0.2, -0.15) is 0 Å². The highest BCUT2D eigenvalue weighted by atomic mass is 35.5. The second kappa shape index (κ2) is 11.0. The number of rotatable bonds is 8. The van der Waals surface area contributed by atoms with Crippen molar-refractivity contribution >= 4 is 46.8 Å². The van der Waals surface area contributed by atoms with Crippen LogP contribution in [0.5, 0.6) is 0 Å². The minimum atomic E-state index is -1.42. The molecule has 3 heterocycles. The fraction of sp³-hybridized carbons (Fsp3) is 0.360. The molecule has 5 rings (SSSR count). The third-order valence-corrected chi connectivity index (χ3v) is 7.47. The maximum absolute atomic E-state index is 12.9. The van der Waals surface area contributed by atoms with Gasteiger partial charge in [0, 0.05) is 28.7 Å². The quantitative estimate of drug-likeness (QED) is 0.320. The number of carbonyl (C=O) groups is 3. The molecule has 204 valence electrons. The van der Waals surface area contributed by atoms with Crippen LogP contribution in [0.3, 0.4) is 0 Å². The fourth-order valence-electron chi connectivity index (χ4n) is 4.89. The van der Waals surface area contributed by atoms with Gasteiger partial charge in [0.15, 0.2) is 6.10 Å². The van der Waals surface area contributed by atoms with E-state index in [1.54, 1.807) is 48.5 Å². The molecule has 3 unspecified atom stereocenters.